The van der Waals surface area contributed by atoms with E-state index in [0.717, 1.165) is 19.3 Å². The number of amides is 1. The summed E-state index contributed by atoms with van der Waals surface area (Å²) in [6, 6.07) is 5.15. The zero-order chi connectivity index (χ0) is 18.9. The molecule has 0 unspecified atom stereocenters. The molecular weight excluding hydrogens is 352 g/mol. The number of anilines is 2. The first kappa shape index (κ1) is 19.0. The zero-order valence-electron chi connectivity index (χ0n) is 15.7. The van der Waals surface area contributed by atoms with E-state index in [1.807, 2.05) is 20.8 Å². The van der Waals surface area contributed by atoms with Gasteiger partial charge in [0.15, 0.2) is 0 Å². The Kier molecular flexibility index (Phi) is 5.19. The summed E-state index contributed by atoms with van der Waals surface area (Å²) in [7, 11) is -3.41. The molecule has 7 heteroatoms. The largest absolute Gasteiger partial charge is 0.490 e. The molecule has 1 aliphatic carbocycles. The molecule has 26 heavy (non-hydrogen) atoms. The SMILES string of the molecule is CCN1C(=O)C(C)(C)COc2cc(NS(=O)(=O)C3CCCCC3)ccc21. The lowest BCUT2D eigenvalue weighted by Gasteiger charge is -2.27. The number of nitrogens with zero attached hydrogens (tertiary/aromatic N) is 1. The van der Waals surface area contributed by atoms with Crippen molar-refractivity contribution < 1.29 is 17.9 Å². The average molecular weight is 381 g/mol. The van der Waals surface area contributed by atoms with Crippen molar-refractivity contribution in [1.29, 1.82) is 0 Å². The van der Waals surface area contributed by atoms with Gasteiger partial charge in [-0.25, -0.2) is 8.42 Å². The molecule has 1 fully saturated rings. The third-order valence-corrected chi connectivity index (χ3v) is 7.10. The second-order valence-corrected chi connectivity index (χ2v) is 9.77. The fraction of sp³-hybridized carbons (Fsp3) is 0.632. The van der Waals surface area contributed by atoms with Gasteiger partial charge in [-0.1, -0.05) is 19.3 Å². The van der Waals surface area contributed by atoms with E-state index in [0.29, 0.717) is 36.5 Å². The minimum absolute atomic E-state index is 0.00860. The van der Waals surface area contributed by atoms with Crippen LogP contribution in [0.15, 0.2) is 18.2 Å². The van der Waals surface area contributed by atoms with E-state index in [1.54, 1.807) is 23.1 Å². The number of rotatable bonds is 4. The third-order valence-electron chi connectivity index (χ3n) is 5.23. The van der Waals surface area contributed by atoms with Crippen molar-refractivity contribution in [2.45, 2.75) is 58.1 Å². The summed E-state index contributed by atoms with van der Waals surface area (Å²) in [5.41, 5.74) is 0.540. The van der Waals surface area contributed by atoms with E-state index in [4.69, 9.17) is 4.74 Å². The highest BCUT2D eigenvalue weighted by Gasteiger charge is 2.37. The van der Waals surface area contributed by atoms with Crippen molar-refractivity contribution in [3.63, 3.8) is 0 Å². The van der Waals surface area contributed by atoms with E-state index in [-0.39, 0.29) is 17.8 Å². The minimum Gasteiger partial charge on any atom is -0.490 e. The molecule has 1 aromatic carbocycles. The van der Waals surface area contributed by atoms with Crippen LogP contribution in [0.2, 0.25) is 0 Å². The predicted molar refractivity (Wildman–Crippen MR) is 103 cm³/mol. The molecule has 0 radical (unpaired) electrons. The molecule has 2 aliphatic rings. The van der Waals surface area contributed by atoms with E-state index in [1.165, 1.54) is 0 Å². The first-order chi connectivity index (χ1) is 12.2. The maximum absolute atomic E-state index is 12.7. The quantitative estimate of drug-likeness (QED) is 0.867. The Balaban J connectivity index is 1.87. The fourth-order valence-corrected chi connectivity index (χ4v) is 5.22. The van der Waals surface area contributed by atoms with E-state index in [2.05, 4.69) is 4.72 Å². The Labute approximate surface area is 156 Å². The summed E-state index contributed by atoms with van der Waals surface area (Å²) >= 11 is 0. The van der Waals surface area contributed by atoms with Gasteiger partial charge < -0.3 is 9.64 Å². The molecule has 1 aromatic rings. The lowest BCUT2D eigenvalue weighted by atomic mass is 9.93. The molecular formula is C19H28N2O4S. The summed E-state index contributed by atoms with van der Waals surface area (Å²) in [5, 5.41) is -0.330. The highest BCUT2D eigenvalue weighted by Crippen LogP contribution is 2.38. The summed E-state index contributed by atoms with van der Waals surface area (Å²) < 4.78 is 33.9. The maximum atomic E-state index is 12.7. The molecule has 3 rings (SSSR count). The van der Waals surface area contributed by atoms with E-state index >= 15 is 0 Å². The van der Waals surface area contributed by atoms with Crippen LogP contribution in [-0.2, 0) is 14.8 Å². The van der Waals surface area contributed by atoms with Gasteiger partial charge in [-0.15, -0.1) is 0 Å². The van der Waals surface area contributed by atoms with Gasteiger partial charge >= 0.3 is 0 Å². The van der Waals surface area contributed by atoms with Crippen LogP contribution >= 0.6 is 0 Å². The van der Waals surface area contributed by atoms with Crippen LogP contribution in [0.1, 0.15) is 52.9 Å². The summed E-state index contributed by atoms with van der Waals surface area (Å²) in [6.45, 7) is 6.43. The van der Waals surface area contributed by atoms with Gasteiger partial charge in [0, 0.05) is 12.6 Å². The van der Waals surface area contributed by atoms with E-state index < -0.39 is 15.4 Å². The number of nitrogens with one attached hydrogen (secondary N) is 1. The van der Waals surface area contributed by atoms with Crippen molar-refractivity contribution in [3.8, 4) is 5.75 Å². The number of carbonyl (C=O) groups excluding carboxylic acids is 1. The standard InChI is InChI=1S/C19H28N2O4S/c1-4-21-16-11-10-14(12-17(16)25-13-19(2,3)18(21)22)20-26(23,24)15-8-6-5-7-9-15/h10-12,15,20H,4-9,13H2,1-3H3. The number of ether oxygens (including phenoxy) is 1. The minimum atomic E-state index is -3.41. The molecule has 1 saturated carbocycles. The van der Waals surface area contributed by atoms with E-state index in [9.17, 15) is 13.2 Å². The van der Waals surface area contributed by atoms with Crippen molar-refractivity contribution in [1.82, 2.24) is 0 Å². The van der Waals surface area contributed by atoms with Gasteiger partial charge in [0.05, 0.1) is 22.0 Å². The third kappa shape index (κ3) is 3.68. The van der Waals surface area contributed by atoms with Gasteiger partial charge in [0.2, 0.25) is 15.9 Å². The fourth-order valence-electron chi connectivity index (χ4n) is 3.65. The van der Waals surface area contributed by atoms with Gasteiger partial charge in [-0.2, -0.15) is 0 Å². The number of benzene rings is 1. The van der Waals surface area contributed by atoms with Crippen LogP contribution in [-0.4, -0.2) is 32.7 Å². The zero-order valence-corrected chi connectivity index (χ0v) is 16.6. The molecule has 6 nitrogen and oxygen atoms in total. The van der Waals surface area contributed by atoms with Crippen LogP contribution in [0.5, 0.6) is 5.75 Å². The Morgan fingerprint density at radius 2 is 1.92 bits per heavy atom. The molecule has 0 saturated heterocycles. The summed E-state index contributed by atoms with van der Waals surface area (Å²) in [4.78, 5) is 14.4. The number of hydrogen-bond acceptors (Lipinski definition) is 4. The number of hydrogen-bond donors (Lipinski definition) is 1. The molecule has 1 N–H and O–H groups in total. The molecule has 0 atom stereocenters. The summed E-state index contributed by atoms with van der Waals surface area (Å²) in [6.07, 6.45) is 4.45. The molecule has 0 aromatic heterocycles. The highest BCUT2D eigenvalue weighted by atomic mass is 32.2. The van der Waals surface area contributed by atoms with Gasteiger partial charge in [0.1, 0.15) is 12.4 Å². The van der Waals surface area contributed by atoms with Crippen LogP contribution in [0, 0.1) is 5.41 Å². The van der Waals surface area contributed by atoms with Crippen molar-refractivity contribution in [2.24, 2.45) is 5.41 Å². The van der Waals surface area contributed by atoms with Crippen LogP contribution in [0.3, 0.4) is 0 Å². The van der Waals surface area contributed by atoms with Crippen molar-refractivity contribution >= 4 is 27.3 Å². The number of fused-ring (bicyclic) bond motifs is 1. The molecule has 0 bridgehead atoms. The lowest BCUT2D eigenvalue weighted by molar-refractivity contribution is -0.127. The average Bonchev–Trinajstić information content (AvgIpc) is 2.71. The molecule has 1 aliphatic heterocycles. The molecule has 0 spiro atoms. The normalized spacial score (nSPS) is 20.9. The van der Waals surface area contributed by atoms with Crippen LogP contribution in [0.4, 0.5) is 11.4 Å². The van der Waals surface area contributed by atoms with Gasteiger partial charge in [0.25, 0.3) is 0 Å². The number of sulfonamides is 1. The molecule has 1 amide bonds. The molecule has 144 valence electrons. The first-order valence-corrected chi connectivity index (χ1v) is 10.9. The second-order valence-electron chi connectivity index (χ2n) is 7.81. The number of carbonyl (C=O) groups is 1. The Morgan fingerprint density at radius 3 is 2.58 bits per heavy atom. The van der Waals surface area contributed by atoms with Gasteiger partial charge in [-0.05, 0) is 45.7 Å². The maximum Gasteiger partial charge on any atom is 0.236 e. The summed E-state index contributed by atoms with van der Waals surface area (Å²) in [5.74, 6) is 0.545. The Bertz CT molecular complexity index is 783. The smallest absolute Gasteiger partial charge is 0.236 e. The Hall–Kier alpha value is -1.76. The highest BCUT2D eigenvalue weighted by molar-refractivity contribution is 7.93. The molecule has 1 heterocycles. The second kappa shape index (κ2) is 7.10. The van der Waals surface area contributed by atoms with Crippen LogP contribution in [0.25, 0.3) is 0 Å². The topological polar surface area (TPSA) is 75.7 Å². The van der Waals surface area contributed by atoms with Crippen molar-refractivity contribution in [3.05, 3.63) is 18.2 Å². The Morgan fingerprint density at radius 1 is 1.23 bits per heavy atom. The van der Waals surface area contributed by atoms with Crippen molar-refractivity contribution in [2.75, 3.05) is 22.8 Å². The van der Waals surface area contributed by atoms with Crippen LogP contribution < -0.4 is 14.4 Å². The lowest BCUT2D eigenvalue weighted by Crippen LogP contribution is -2.42. The monoisotopic (exact) mass is 380 g/mol. The first-order valence-electron chi connectivity index (χ1n) is 9.35. The van der Waals surface area contributed by atoms with Gasteiger partial charge in [-0.3, -0.25) is 9.52 Å². The predicted octanol–water partition coefficient (Wildman–Crippen LogP) is 3.53.